The number of amides is 1. The molecule has 0 spiro atoms. The third-order valence-corrected chi connectivity index (χ3v) is 2.39. The fraction of sp³-hybridized carbons (Fsp3) is 0.300. The van der Waals surface area contributed by atoms with Crippen LogP contribution in [0.25, 0.3) is 0 Å². The molecule has 1 aromatic rings. The Morgan fingerprint density at radius 1 is 1.43 bits per heavy atom. The first kappa shape index (κ1) is 9.02. The van der Waals surface area contributed by atoms with Crippen LogP contribution < -0.4 is 5.32 Å². The molecule has 1 amide bonds. The number of ether oxygens (including phenoxy) is 1. The van der Waals surface area contributed by atoms with E-state index in [4.69, 9.17) is 4.74 Å². The number of carbonyl (C=O) groups is 1. The van der Waals surface area contributed by atoms with Crippen molar-refractivity contribution in [2.75, 3.05) is 13.2 Å². The van der Waals surface area contributed by atoms with Crippen LogP contribution in [0.5, 0.6) is 0 Å². The number of hydrogen-bond donors (Lipinski definition) is 2. The van der Waals surface area contributed by atoms with Gasteiger partial charge in [-0.05, 0) is 5.56 Å². The molecule has 0 unspecified atom stereocenters. The Labute approximate surface area is 81.5 Å². The largest absolute Gasteiger partial charge is 0.447 e. The first-order valence-electron chi connectivity index (χ1n) is 4.38. The minimum atomic E-state index is -0.766. The molecule has 1 atom stereocenters. The molecule has 1 heterocycles. The van der Waals surface area contributed by atoms with Crippen molar-refractivity contribution < 1.29 is 14.6 Å². The first-order chi connectivity index (χ1) is 6.77. The van der Waals surface area contributed by atoms with Crippen LogP contribution in [0.4, 0.5) is 4.79 Å². The maximum Gasteiger partial charge on any atom is 0.408 e. The molecule has 14 heavy (non-hydrogen) atoms. The lowest BCUT2D eigenvalue weighted by Crippen LogP contribution is -2.43. The predicted molar refractivity (Wildman–Crippen MR) is 49.7 cm³/mol. The van der Waals surface area contributed by atoms with Gasteiger partial charge < -0.3 is 15.2 Å². The molecule has 1 aliphatic heterocycles. The zero-order valence-electron chi connectivity index (χ0n) is 7.56. The molecular weight excluding hydrogens is 182 g/mol. The van der Waals surface area contributed by atoms with Gasteiger partial charge in [-0.25, -0.2) is 4.79 Å². The predicted octanol–water partition coefficient (Wildman–Crippen LogP) is 0.614. The zero-order valence-corrected chi connectivity index (χ0v) is 7.56. The summed E-state index contributed by atoms with van der Waals surface area (Å²) in [6, 6.07) is 9.30. The zero-order chi connectivity index (χ0) is 10.0. The van der Waals surface area contributed by atoms with E-state index in [1.165, 1.54) is 0 Å². The molecule has 2 rings (SSSR count). The van der Waals surface area contributed by atoms with Crippen molar-refractivity contribution in [1.82, 2.24) is 5.32 Å². The summed E-state index contributed by atoms with van der Waals surface area (Å²) < 4.78 is 4.80. The second kappa shape index (κ2) is 3.31. The molecule has 1 fully saturated rings. The van der Waals surface area contributed by atoms with Gasteiger partial charge in [-0.1, -0.05) is 30.3 Å². The summed E-state index contributed by atoms with van der Waals surface area (Å²) in [4.78, 5) is 10.9. The minimum absolute atomic E-state index is 0.164. The molecule has 1 aromatic carbocycles. The van der Waals surface area contributed by atoms with Crippen LogP contribution in [-0.4, -0.2) is 24.4 Å². The highest BCUT2D eigenvalue weighted by atomic mass is 16.6. The Bertz CT molecular complexity index is 338. The highest BCUT2D eigenvalue weighted by Crippen LogP contribution is 2.25. The lowest BCUT2D eigenvalue weighted by Gasteiger charge is -2.24. The molecule has 0 radical (unpaired) electrons. The Balaban J connectivity index is 2.34. The summed E-state index contributed by atoms with van der Waals surface area (Å²) in [5.41, 5.74) is 0.0894. The van der Waals surface area contributed by atoms with Gasteiger partial charge in [-0.15, -0.1) is 0 Å². The molecule has 0 bridgehead atoms. The van der Waals surface area contributed by atoms with Crippen molar-refractivity contribution in [1.29, 1.82) is 0 Å². The summed E-state index contributed by atoms with van der Waals surface area (Å²) in [5.74, 6) is 0. The third-order valence-electron chi connectivity index (χ3n) is 2.39. The van der Waals surface area contributed by atoms with Crippen LogP contribution in [-0.2, 0) is 10.3 Å². The van der Waals surface area contributed by atoms with E-state index in [0.717, 1.165) is 5.56 Å². The number of aliphatic hydroxyl groups excluding tert-OH is 1. The molecule has 1 aliphatic rings. The van der Waals surface area contributed by atoms with Gasteiger partial charge >= 0.3 is 6.09 Å². The molecular formula is C10H11NO3. The minimum Gasteiger partial charge on any atom is -0.447 e. The molecule has 1 saturated heterocycles. The Kier molecular flexibility index (Phi) is 2.13. The van der Waals surface area contributed by atoms with Crippen molar-refractivity contribution in [3.63, 3.8) is 0 Å². The van der Waals surface area contributed by atoms with Gasteiger partial charge in [0.15, 0.2) is 0 Å². The van der Waals surface area contributed by atoms with E-state index in [1.807, 2.05) is 30.3 Å². The van der Waals surface area contributed by atoms with Gasteiger partial charge in [0.25, 0.3) is 0 Å². The van der Waals surface area contributed by atoms with Crippen LogP contribution in [0, 0.1) is 0 Å². The quantitative estimate of drug-likeness (QED) is 0.723. The molecule has 0 aliphatic carbocycles. The third kappa shape index (κ3) is 1.33. The second-order valence-electron chi connectivity index (χ2n) is 3.31. The van der Waals surface area contributed by atoms with Crippen molar-refractivity contribution in [3.05, 3.63) is 35.9 Å². The normalized spacial score (nSPS) is 25.6. The van der Waals surface area contributed by atoms with Crippen LogP contribution in [0.3, 0.4) is 0 Å². The second-order valence-corrected chi connectivity index (χ2v) is 3.31. The average molecular weight is 193 g/mol. The number of aliphatic hydroxyl groups is 1. The monoisotopic (exact) mass is 193 g/mol. The average Bonchev–Trinajstić information content (AvgIpc) is 2.63. The maximum absolute atomic E-state index is 10.9. The first-order valence-corrected chi connectivity index (χ1v) is 4.38. The lowest BCUT2D eigenvalue weighted by molar-refractivity contribution is 0.145. The van der Waals surface area contributed by atoms with Crippen molar-refractivity contribution in [3.8, 4) is 0 Å². The van der Waals surface area contributed by atoms with E-state index in [1.54, 1.807) is 0 Å². The van der Waals surface area contributed by atoms with Crippen LogP contribution in [0.1, 0.15) is 5.56 Å². The Morgan fingerprint density at radius 3 is 2.64 bits per heavy atom. The van der Waals surface area contributed by atoms with Crippen molar-refractivity contribution in [2.45, 2.75) is 5.54 Å². The molecule has 74 valence electrons. The Hall–Kier alpha value is -1.55. The standard InChI is InChI=1S/C10H11NO3/c12-6-10(7-14-9(13)11-10)8-4-2-1-3-5-8/h1-5,12H,6-7H2,(H,11,13)/t10-/m0/s1. The van der Waals surface area contributed by atoms with Gasteiger partial charge in [-0.2, -0.15) is 0 Å². The van der Waals surface area contributed by atoms with Crippen molar-refractivity contribution >= 4 is 6.09 Å². The number of benzene rings is 1. The number of cyclic esters (lactones) is 1. The highest BCUT2D eigenvalue weighted by Gasteiger charge is 2.40. The van der Waals surface area contributed by atoms with Gasteiger partial charge in [-0.3, -0.25) is 0 Å². The number of carbonyl (C=O) groups excluding carboxylic acids is 1. The Morgan fingerprint density at radius 2 is 2.14 bits per heavy atom. The van der Waals surface area contributed by atoms with E-state index in [0.29, 0.717) is 0 Å². The lowest BCUT2D eigenvalue weighted by atomic mass is 9.92. The number of hydrogen-bond acceptors (Lipinski definition) is 3. The van der Waals surface area contributed by atoms with Crippen LogP contribution >= 0.6 is 0 Å². The topological polar surface area (TPSA) is 58.6 Å². The van der Waals surface area contributed by atoms with Gasteiger partial charge in [0.2, 0.25) is 0 Å². The van der Waals surface area contributed by atoms with Crippen LogP contribution in [0.2, 0.25) is 0 Å². The summed E-state index contributed by atoms with van der Waals surface area (Å²) in [5, 5.41) is 11.9. The summed E-state index contributed by atoms with van der Waals surface area (Å²) in [7, 11) is 0. The number of alkyl carbamates (subject to hydrolysis) is 1. The molecule has 4 heteroatoms. The molecule has 0 saturated carbocycles. The smallest absolute Gasteiger partial charge is 0.408 e. The number of rotatable bonds is 2. The molecule has 0 aromatic heterocycles. The van der Waals surface area contributed by atoms with E-state index >= 15 is 0 Å². The summed E-state index contributed by atoms with van der Waals surface area (Å²) >= 11 is 0. The van der Waals surface area contributed by atoms with Crippen LogP contribution in [0.15, 0.2) is 30.3 Å². The summed E-state index contributed by atoms with van der Waals surface area (Å²) in [6.45, 7) is 0.00903. The molecule has 2 N–H and O–H groups in total. The van der Waals surface area contributed by atoms with Gasteiger partial charge in [0.05, 0.1) is 6.61 Å². The fourth-order valence-electron chi connectivity index (χ4n) is 1.55. The van der Waals surface area contributed by atoms with Crippen molar-refractivity contribution in [2.24, 2.45) is 0 Å². The number of nitrogens with one attached hydrogen (secondary N) is 1. The SMILES string of the molecule is O=C1N[C@](CO)(c2ccccc2)CO1. The molecule has 4 nitrogen and oxygen atoms in total. The fourth-order valence-corrected chi connectivity index (χ4v) is 1.55. The van der Waals surface area contributed by atoms with E-state index in [2.05, 4.69) is 5.32 Å². The summed E-state index contributed by atoms with van der Waals surface area (Å²) in [6.07, 6.45) is -0.483. The highest BCUT2D eigenvalue weighted by molar-refractivity contribution is 5.71. The van der Waals surface area contributed by atoms with E-state index < -0.39 is 11.6 Å². The van der Waals surface area contributed by atoms with E-state index in [-0.39, 0.29) is 13.2 Å². The maximum atomic E-state index is 10.9. The van der Waals surface area contributed by atoms with Gasteiger partial charge in [0.1, 0.15) is 12.1 Å². The van der Waals surface area contributed by atoms with Gasteiger partial charge in [0, 0.05) is 0 Å². The van der Waals surface area contributed by atoms with E-state index in [9.17, 15) is 9.90 Å².